The van der Waals surface area contributed by atoms with Gasteiger partial charge in [0.1, 0.15) is 0 Å². The highest BCUT2D eigenvalue weighted by Gasteiger charge is 2.24. The topological polar surface area (TPSA) is 89.3 Å². The maximum absolute atomic E-state index is 11.3. The van der Waals surface area contributed by atoms with Crippen LogP contribution in [0.15, 0.2) is 0 Å². The summed E-state index contributed by atoms with van der Waals surface area (Å²) in [5.41, 5.74) is 4.87. The van der Waals surface area contributed by atoms with Crippen LogP contribution in [-0.2, 0) is 14.4 Å². The molecule has 86 valence electrons. The van der Waals surface area contributed by atoms with Crippen molar-refractivity contribution in [1.82, 2.24) is 5.32 Å². The Kier molecular flexibility index (Phi) is 6.33. The van der Waals surface area contributed by atoms with Crippen LogP contribution in [0.4, 0.5) is 0 Å². The lowest BCUT2D eigenvalue weighted by Gasteiger charge is -2.17. The number of amides is 2. The summed E-state index contributed by atoms with van der Waals surface area (Å²) >= 11 is 0. The second kappa shape index (κ2) is 6.98. The molecule has 3 N–H and O–H groups in total. The Labute approximate surface area is 89.4 Å². The predicted molar refractivity (Wildman–Crippen MR) is 55.9 cm³/mol. The number of nitrogens with one attached hydrogen (secondary N) is 1. The molecule has 5 heteroatoms. The van der Waals surface area contributed by atoms with Crippen molar-refractivity contribution in [2.75, 3.05) is 0 Å². The van der Waals surface area contributed by atoms with E-state index >= 15 is 0 Å². The first-order chi connectivity index (χ1) is 7.02. The van der Waals surface area contributed by atoms with E-state index in [1.54, 1.807) is 0 Å². The lowest BCUT2D eigenvalue weighted by molar-refractivity contribution is -0.137. The van der Waals surface area contributed by atoms with Gasteiger partial charge in [0.05, 0.1) is 6.04 Å². The summed E-state index contributed by atoms with van der Waals surface area (Å²) in [4.78, 5) is 32.2. The van der Waals surface area contributed by atoms with Gasteiger partial charge < -0.3 is 11.1 Å². The fraction of sp³-hybridized carbons (Fsp3) is 0.700. The molecule has 0 aromatic carbocycles. The Balaban J connectivity index is 4.32. The molecule has 0 aliphatic rings. The maximum Gasteiger partial charge on any atom is 0.287 e. The van der Waals surface area contributed by atoms with Crippen molar-refractivity contribution in [3.05, 3.63) is 0 Å². The Hall–Kier alpha value is -1.39. The quantitative estimate of drug-likeness (QED) is 0.439. The molecule has 2 unspecified atom stereocenters. The smallest absolute Gasteiger partial charge is 0.287 e. The lowest BCUT2D eigenvalue weighted by Crippen LogP contribution is -2.43. The van der Waals surface area contributed by atoms with Crippen LogP contribution in [0.25, 0.3) is 0 Å². The Morgan fingerprint density at radius 1 is 1.47 bits per heavy atom. The van der Waals surface area contributed by atoms with Crippen molar-refractivity contribution in [2.45, 2.75) is 39.2 Å². The number of Topliss-reactive ketones (excluding diaryl/α,β-unsaturated/α-hetero) is 1. The predicted octanol–water partition coefficient (Wildman–Crippen LogP) is -0.0183. The van der Waals surface area contributed by atoms with Crippen molar-refractivity contribution in [1.29, 1.82) is 0 Å². The molecule has 0 bridgehead atoms. The van der Waals surface area contributed by atoms with E-state index in [1.807, 2.05) is 13.8 Å². The van der Waals surface area contributed by atoms with E-state index in [0.29, 0.717) is 12.8 Å². The number of hydrogen-bond acceptors (Lipinski definition) is 3. The van der Waals surface area contributed by atoms with Gasteiger partial charge in [-0.2, -0.15) is 0 Å². The van der Waals surface area contributed by atoms with Gasteiger partial charge in [0, 0.05) is 0 Å². The van der Waals surface area contributed by atoms with Crippen molar-refractivity contribution in [2.24, 2.45) is 11.7 Å². The molecule has 2 atom stereocenters. The molecule has 0 saturated carbocycles. The van der Waals surface area contributed by atoms with Gasteiger partial charge in [-0.3, -0.25) is 14.4 Å². The second-order valence-corrected chi connectivity index (χ2v) is 3.70. The molecule has 0 saturated heterocycles. The molecule has 0 rings (SSSR count). The van der Waals surface area contributed by atoms with Gasteiger partial charge in [-0.25, -0.2) is 0 Å². The summed E-state index contributed by atoms with van der Waals surface area (Å²) in [6, 6.07) is -0.776. The zero-order valence-corrected chi connectivity index (χ0v) is 9.16. The first-order valence-electron chi connectivity index (χ1n) is 5.06. The van der Waals surface area contributed by atoms with Crippen LogP contribution in [0.2, 0.25) is 0 Å². The van der Waals surface area contributed by atoms with E-state index in [0.717, 1.165) is 12.8 Å². The van der Waals surface area contributed by atoms with Gasteiger partial charge in [-0.15, -0.1) is 0 Å². The maximum atomic E-state index is 11.3. The highest BCUT2D eigenvalue weighted by Crippen LogP contribution is 2.12. The molecule has 2 amide bonds. The number of carbonyl (C=O) groups excluding carboxylic acids is 3. The second-order valence-electron chi connectivity index (χ2n) is 3.70. The fourth-order valence-electron chi connectivity index (χ4n) is 1.52. The lowest BCUT2D eigenvalue weighted by atomic mass is 9.95. The van der Waals surface area contributed by atoms with Crippen LogP contribution in [0.3, 0.4) is 0 Å². The van der Waals surface area contributed by atoms with Crippen LogP contribution < -0.4 is 11.1 Å². The molecule has 0 aliphatic carbocycles. The molecule has 0 aromatic rings. The minimum atomic E-state index is -1.00. The highest BCUT2D eigenvalue weighted by atomic mass is 16.2. The zero-order chi connectivity index (χ0) is 11.8. The molecule has 0 spiro atoms. The minimum absolute atomic E-state index is 0.274. The molecule has 5 nitrogen and oxygen atoms in total. The summed E-state index contributed by atoms with van der Waals surface area (Å²) in [5.74, 6) is -1.46. The van der Waals surface area contributed by atoms with Gasteiger partial charge in [0.2, 0.25) is 12.2 Å². The molecule has 0 aliphatic heterocycles. The first-order valence-corrected chi connectivity index (χ1v) is 5.06. The summed E-state index contributed by atoms with van der Waals surface area (Å²) in [6.07, 6.45) is 2.82. The summed E-state index contributed by atoms with van der Waals surface area (Å²) in [7, 11) is 0. The molecule has 0 radical (unpaired) electrons. The zero-order valence-electron chi connectivity index (χ0n) is 9.16. The summed E-state index contributed by atoms with van der Waals surface area (Å²) in [5, 5.41) is 2.32. The fourth-order valence-corrected chi connectivity index (χ4v) is 1.52. The third kappa shape index (κ3) is 5.15. The number of nitrogens with two attached hydrogens (primary N) is 1. The van der Waals surface area contributed by atoms with E-state index < -0.39 is 17.7 Å². The number of ketones is 1. The van der Waals surface area contributed by atoms with Crippen LogP contribution >= 0.6 is 0 Å². The average molecular weight is 214 g/mol. The molecule has 0 heterocycles. The normalized spacial score (nSPS) is 14.0. The largest absolute Gasteiger partial charge is 0.363 e. The Bertz CT molecular complexity index is 241. The molecule has 15 heavy (non-hydrogen) atoms. The van der Waals surface area contributed by atoms with E-state index in [2.05, 4.69) is 5.32 Å². The standard InChI is InChI=1S/C10H18N2O3/c1-3-4-7(2)5-8(12-6-13)9(14)10(11)15/h6-8H,3-5H2,1-2H3,(H2,11,15)(H,12,13). The van der Waals surface area contributed by atoms with Crippen molar-refractivity contribution in [3.63, 3.8) is 0 Å². The molecule has 0 aromatic heterocycles. The van der Waals surface area contributed by atoms with Crippen molar-refractivity contribution in [3.8, 4) is 0 Å². The summed E-state index contributed by atoms with van der Waals surface area (Å²) < 4.78 is 0. The van der Waals surface area contributed by atoms with E-state index in [9.17, 15) is 14.4 Å². The van der Waals surface area contributed by atoms with E-state index in [4.69, 9.17) is 5.73 Å². The van der Waals surface area contributed by atoms with Gasteiger partial charge in [-0.05, 0) is 12.3 Å². The van der Waals surface area contributed by atoms with E-state index in [1.165, 1.54) is 0 Å². The van der Waals surface area contributed by atoms with Crippen LogP contribution in [-0.4, -0.2) is 24.1 Å². The SMILES string of the molecule is CCCC(C)CC(NC=O)C(=O)C(N)=O. The number of carbonyl (C=O) groups is 3. The van der Waals surface area contributed by atoms with Crippen LogP contribution in [0.1, 0.15) is 33.1 Å². The molecule has 0 fully saturated rings. The molecular formula is C10H18N2O3. The van der Waals surface area contributed by atoms with Crippen molar-refractivity contribution < 1.29 is 14.4 Å². The van der Waals surface area contributed by atoms with Gasteiger partial charge in [-0.1, -0.05) is 26.7 Å². The van der Waals surface area contributed by atoms with Crippen molar-refractivity contribution >= 4 is 18.1 Å². The molecular weight excluding hydrogens is 196 g/mol. The van der Waals surface area contributed by atoms with E-state index in [-0.39, 0.29) is 5.92 Å². The monoisotopic (exact) mass is 214 g/mol. The number of primary amides is 1. The first kappa shape index (κ1) is 13.6. The third-order valence-corrected chi connectivity index (χ3v) is 2.25. The summed E-state index contributed by atoms with van der Waals surface area (Å²) in [6.45, 7) is 4.01. The number of hydrogen-bond donors (Lipinski definition) is 2. The average Bonchev–Trinajstić information content (AvgIpc) is 2.16. The number of rotatable bonds is 8. The third-order valence-electron chi connectivity index (χ3n) is 2.25. The van der Waals surface area contributed by atoms with Gasteiger partial charge >= 0.3 is 0 Å². The van der Waals surface area contributed by atoms with Crippen LogP contribution in [0, 0.1) is 5.92 Å². The minimum Gasteiger partial charge on any atom is -0.363 e. The highest BCUT2D eigenvalue weighted by molar-refractivity contribution is 6.37. The van der Waals surface area contributed by atoms with Crippen LogP contribution in [0.5, 0.6) is 0 Å². The van der Waals surface area contributed by atoms with Gasteiger partial charge in [0.25, 0.3) is 5.91 Å². The van der Waals surface area contributed by atoms with Gasteiger partial charge in [0.15, 0.2) is 0 Å². The Morgan fingerprint density at radius 2 is 2.07 bits per heavy atom. The Morgan fingerprint density at radius 3 is 2.47 bits per heavy atom.